The van der Waals surface area contributed by atoms with Gasteiger partial charge < -0.3 is 9.84 Å². The molecule has 4 nitrogen and oxygen atoms in total. The van der Waals surface area contributed by atoms with E-state index in [0.29, 0.717) is 17.9 Å². The molecule has 0 atom stereocenters. The third-order valence-corrected chi connectivity index (χ3v) is 3.99. The highest BCUT2D eigenvalue weighted by molar-refractivity contribution is 5.87. The summed E-state index contributed by atoms with van der Waals surface area (Å²) in [5, 5.41) is 8.92. The highest BCUT2D eigenvalue weighted by Gasteiger charge is 2.30. The summed E-state index contributed by atoms with van der Waals surface area (Å²) in [6, 6.07) is 6.65. The Morgan fingerprint density at radius 1 is 1.45 bits per heavy atom. The van der Waals surface area contributed by atoms with Gasteiger partial charge in [-0.15, -0.1) is 0 Å². The number of rotatable bonds is 6. The van der Waals surface area contributed by atoms with Gasteiger partial charge in [-0.2, -0.15) is 0 Å². The Morgan fingerprint density at radius 2 is 2.25 bits per heavy atom. The van der Waals surface area contributed by atoms with Crippen LogP contribution < -0.4 is 4.74 Å². The molecular formula is C16H23NO3. The molecule has 1 N–H and O–H groups in total. The highest BCUT2D eigenvalue weighted by atomic mass is 16.5. The molecule has 0 bridgehead atoms. The fourth-order valence-corrected chi connectivity index (χ4v) is 2.74. The van der Waals surface area contributed by atoms with E-state index < -0.39 is 5.97 Å². The Morgan fingerprint density at radius 3 is 2.90 bits per heavy atom. The van der Waals surface area contributed by atoms with Crippen molar-refractivity contribution in [3.8, 4) is 5.75 Å². The van der Waals surface area contributed by atoms with Crippen LogP contribution in [0.5, 0.6) is 5.75 Å². The Bertz CT molecular complexity index is 471. The molecule has 1 aliphatic heterocycles. The molecule has 110 valence electrons. The molecule has 0 amide bonds. The maximum Gasteiger partial charge on any atom is 0.335 e. The van der Waals surface area contributed by atoms with Crippen molar-refractivity contribution >= 4 is 5.97 Å². The maximum absolute atomic E-state index is 10.9. The molecule has 1 saturated heterocycles. The number of likely N-dealkylation sites (tertiary alicyclic amines) is 1. The van der Waals surface area contributed by atoms with Crippen molar-refractivity contribution in [3.63, 3.8) is 0 Å². The van der Waals surface area contributed by atoms with E-state index >= 15 is 0 Å². The molecule has 1 aromatic rings. The summed E-state index contributed by atoms with van der Waals surface area (Å²) >= 11 is 0. The van der Waals surface area contributed by atoms with Crippen LogP contribution >= 0.6 is 0 Å². The highest BCUT2D eigenvalue weighted by Crippen LogP contribution is 2.27. The van der Waals surface area contributed by atoms with Gasteiger partial charge in [0.25, 0.3) is 0 Å². The minimum Gasteiger partial charge on any atom is -0.494 e. The van der Waals surface area contributed by atoms with Gasteiger partial charge >= 0.3 is 5.97 Å². The molecule has 0 saturated carbocycles. The lowest BCUT2D eigenvalue weighted by molar-refractivity contribution is 0.0696. The molecular weight excluding hydrogens is 254 g/mol. The average molecular weight is 277 g/mol. The first-order chi connectivity index (χ1) is 9.49. The second-order valence-corrected chi connectivity index (χ2v) is 5.94. The number of benzene rings is 1. The smallest absolute Gasteiger partial charge is 0.335 e. The number of aromatic carboxylic acids is 1. The summed E-state index contributed by atoms with van der Waals surface area (Å²) in [6.45, 7) is 7.40. The third kappa shape index (κ3) is 3.73. The average Bonchev–Trinajstić information content (AvgIpc) is 2.74. The van der Waals surface area contributed by atoms with Gasteiger partial charge in [0.2, 0.25) is 0 Å². The standard InChI is InChI=1S/C16H23NO3/c1-16(2)8-4-9-17(16)10-5-11-20-14-7-3-6-13(12-14)15(18)19/h3,6-7,12H,4-5,8-11H2,1-2H3,(H,18,19). The van der Waals surface area contributed by atoms with Crippen molar-refractivity contribution in [2.45, 2.75) is 38.6 Å². The zero-order valence-electron chi connectivity index (χ0n) is 12.3. The summed E-state index contributed by atoms with van der Waals surface area (Å²) in [5.74, 6) is -0.292. The van der Waals surface area contributed by atoms with Gasteiger partial charge in [0.05, 0.1) is 12.2 Å². The molecule has 2 rings (SSSR count). The molecule has 20 heavy (non-hydrogen) atoms. The van der Waals surface area contributed by atoms with Crippen LogP contribution in [0.15, 0.2) is 24.3 Å². The van der Waals surface area contributed by atoms with Crippen molar-refractivity contribution in [3.05, 3.63) is 29.8 Å². The molecule has 1 aromatic carbocycles. The van der Waals surface area contributed by atoms with Crippen LogP contribution in [0.1, 0.15) is 43.5 Å². The number of hydrogen-bond acceptors (Lipinski definition) is 3. The minimum atomic E-state index is -0.922. The van der Waals surface area contributed by atoms with Crippen molar-refractivity contribution in [1.82, 2.24) is 4.90 Å². The maximum atomic E-state index is 10.9. The first-order valence-corrected chi connectivity index (χ1v) is 7.20. The van der Waals surface area contributed by atoms with Crippen molar-refractivity contribution in [2.75, 3.05) is 19.7 Å². The monoisotopic (exact) mass is 277 g/mol. The lowest BCUT2D eigenvalue weighted by atomic mass is 10.0. The van der Waals surface area contributed by atoms with Gasteiger partial charge in [0.1, 0.15) is 5.75 Å². The van der Waals surface area contributed by atoms with E-state index in [2.05, 4.69) is 18.7 Å². The second-order valence-electron chi connectivity index (χ2n) is 5.94. The Balaban J connectivity index is 1.76. The largest absolute Gasteiger partial charge is 0.494 e. The minimum absolute atomic E-state index is 0.267. The molecule has 0 unspecified atom stereocenters. The van der Waals surface area contributed by atoms with E-state index in [1.54, 1.807) is 24.3 Å². The normalized spacial score (nSPS) is 18.1. The predicted octanol–water partition coefficient (Wildman–Crippen LogP) is 3.03. The molecule has 1 fully saturated rings. The van der Waals surface area contributed by atoms with Crippen LogP contribution in [0.2, 0.25) is 0 Å². The van der Waals surface area contributed by atoms with Gasteiger partial charge in [-0.05, 0) is 57.9 Å². The molecule has 0 aliphatic carbocycles. The third-order valence-electron chi connectivity index (χ3n) is 3.99. The quantitative estimate of drug-likeness (QED) is 0.812. The summed E-state index contributed by atoms with van der Waals surface area (Å²) in [4.78, 5) is 13.4. The van der Waals surface area contributed by atoms with Gasteiger partial charge in [-0.1, -0.05) is 6.07 Å². The summed E-state index contributed by atoms with van der Waals surface area (Å²) in [6.07, 6.45) is 3.49. The van der Waals surface area contributed by atoms with Crippen LogP contribution in [0.3, 0.4) is 0 Å². The zero-order chi connectivity index (χ0) is 14.6. The number of hydrogen-bond donors (Lipinski definition) is 1. The second kappa shape index (κ2) is 6.27. The first-order valence-electron chi connectivity index (χ1n) is 7.20. The predicted molar refractivity (Wildman–Crippen MR) is 78.4 cm³/mol. The van der Waals surface area contributed by atoms with Gasteiger partial charge in [-0.3, -0.25) is 4.90 Å². The van der Waals surface area contributed by atoms with E-state index in [4.69, 9.17) is 9.84 Å². The Labute approximate surface area is 120 Å². The Hall–Kier alpha value is -1.55. The molecule has 0 spiro atoms. The number of carbonyl (C=O) groups is 1. The zero-order valence-corrected chi connectivity index (χ0v) is 12.3. The Kier molecular flexibility index (Phi) is 4.65. The van der Waals surface area contributed by atoms with Crippen LogP contribution in [-0.2, 0) is 0 Å². The van der Waals surface area contributed by atoms with Gasteiger partial charge in [0, 0.05) is 12.1 Å². The van der Waals surface area contributed by atoms with Crippen LogP contribution in [0.4, 0.5) is 0 Å². The summed E-state index contributed by atoms with van der Waals surface area (Å²) < 4.78 is 5.63. The first kappa shape index (κ1) is 14.9. The number of ether oxygens (including phenoxy) is 1. The lowest BCUT2D eigenvalue weighted by Gasteiger charge is -2.31. The van der Waals surface area contributed by atoms with Gasteiger partial charge in [0.15, 0.2) is 0 Å². The van der Waals surface area contributed by atoms with E-state index in [0.717, 1.165) is 13.0 Å². The van der Waals surface area contributed by atoms with Crippen LogP contribution in [0, 0.1) is 0 Å². The van der Waals surface area contributed by atoms with Crippen molar-refractivity contribution in [1.29, 1.82) is 0 Å². The fourth-order valence-electron chi connectivity index (χ4n) is 2.74. The number of carboxylic acid groups (broad SMARTS) is 1. The molecule has 1 aliphatic rings. The molecule has 0 aromatic heterocycles. The van der Waals surface area contributed by atoms with E-state index in [1.807, 2.05) is 0 Å². The van der Waals surface area contributed by atoms with Gasteiger partial charge in [-0.25, -0.2) is 4.79 Å². The van der Waals surface area contributed by atoms with Crippen LogP contribution in [-0.4, -0.2) is 41.2 Å². The SMILES string of the molecule is CC1(C)CCCN1CCCOc1cccc(C(=O)O)c1. The number of carboxylic acids is 1. The van der Waals surface area contributed by atoms with Crippen LogP contribution in [0.25, 0.3) is 0 Å². The molecule has 0 radical (unpaired) electrons. The number of nitrogens with zero attached hydrogens (tertiary/aromatic N) is 1. The summed E-state index contributed by atoms with van der Waals surface area (Å²) in [5.41, 5.74) is 0.576. The lowest BCUT2D eigenvalue weighted by Crippen LogP contribution is -2.39. The summed E-state index contributed by atoms with van der Waals surface area (Å²) in [7, 11) is 0. The van der Waals surface area contributed by atoms with E-state index in [9.17, 15) is 4.79 Å². The van der Waals surface area contributed by atoms with E-state index in [1.165, 1.54) is 19.4 Å². The van der Waals surface area contributed by atoms with Crippen molar-refractivity contribution < 1.29 is 14.6 Å². The molecule has 1 heterocycles. The fraction of sp³-hybridized carbons (Fsp3) is 0.562. The topological polar surface area (TPSA) is 49.8 Å². The molecule has 4 heteroatoms. The van der Waals surface area contributed by atoms with E-state index in [-0.39, 0.29) is 5.56 Å². The van der Waals surface area contributed by atoms with Crippen molar-refractivity contribution in [2.24, 2.45) is 0 Å².